The van der Waals surface area contributed by atoms with E-state index < -0.39 is 0 Å². The van der Waals surface area contributed by atoms with Gasteiger partial charge < -0.3 is 0 Å². The Morgan fingerprint density at radius 3 is 2.81 bits per heavy atom. The van der Waals surface area contributed by atoms with Crippen LogP contribution in [0.5, 0.6) is 0 Å². The summed E-state index contributed by atoms with van der Waals surface area (Å²) in [4.78, 5) is 0. The van der Waals surface area contributed by atoms with Gasteiger partial charge in [-0.3, -0.25) is 0 Å². The van der Waals surface area contributed by atoms with Gasteiger partial charge in [0.05, 0.1) is 0 Å². The highest BCUT2D eigenvalue weighted by atomic mass is 79.9. The van der Waals surface area contributed by atoms with Crippen molar-refractivity contribution in [1.82, 2.24) is 0 Å². The predicted molar refractivity (Wildman–Crippen MR) is 79.8 cm³/mol. The van der Waals surface area contributed by atoms with Crippen LogP contribution in [0.15, 0.2) is 24.3 Å². The molecule has 1 unspecified atom stereocenters. The highest BCUT2D eigenvalue weighted by Crippen LogP contribution is 2.18. The van der Waals surface area contributed by atoms with Crippen LogP contribution in [-0.2, 0) is 6.42 Å². The van der Waals surface area contributed by atoms with E-state index >= 15 is 0 Å². The van der Waals surface area contributed by atoms with E-state index in [0.29, 0.717) is 0 Å². The minimum Gasteiger partial charge on any atom is -0.165 e. The van der Waals surface area contributed by atoms with Crippen molar-refractivity contribution in [2.24, 2.45) is 5.92 Å². The Bertz CT molecular complexity index is 299. The number of rotatable bonds is 7. The fourth-order valence-corrected chi connectivity index (χ4v) is 2.93. The Morgan fingerprint density at radius 2 is 2.19 bits per heavy atom. The first-order valence-electron chi connectivity index (χ1n) is 5.86. The molecule has 0 saturated carbocycles. The van der Waals surface area contributed by atoms with Gasteiger partial charge in [0.15, 0.2) is 0 Å². The Hall–Kier alpha value is 0.0500. The van der Waals surface area contributed by atoms with Gasteiger partial charge in [-0.2, -0.15) is 11.8 Å². The molecule has 1 atom stereocenters. The number of thioether (sulfide) groups is 1. The lowest BCUT2D eigenvalue weighted by Crippen LogP contribution is -2.07. The van der Waals surface area contributed by atoms with Crippen LogP contribution in [0.25, 0.3) is 0 Å². The molecule has 1 rings (SSSR count). The first kappa shape index (κ1) is 14.1. The molecule has 0 fully saturated rings. The van der Waals surface area contributed by atoms with Gasteiger partial charge in [-0.1, -0.05) is 45.8 Å². The summed E-state index contributed by atoms with van der Waals surface area (Å²) in [5, 5.41) is 1.12. The lowest BCUT2D eigenvalue weighted by atomic mass is 9.96. The molecule has 0 heterocycles. The summed E-state index contributed by atoms with van der Waals surface area (Å²) in [6.45, 7) is 2.17. The largest absolute Gasteiger partial charge is 0.165 e. The van der Waals surface area contributed by atoms with E-state index in [1.165, 1.54) is 36.1 Å². The number of hydrogen-bond donors (Lipinski definition) is 0. The SMILES string of the molecule is CSCCCC(CBr)Cc1cccc(C)c1. The van der Waals surface area contributed by atoms with Gasteiger partial charge in [0.25, 0.3) is 0 Å². The minimum atomic E-state index is 0.786. The van der Waals surface area contributed by atoms with Crippen LogP contribution < -0.4 is 0 Å². The van der Waals surface area contributed by atoms with Crippen molar-refractivity contribution in [2.45, 2.75) is 26.2 Å². The summed E-state index contributed by atoms with van der Waals surface area (Å²) in [7, 11) is 0. The molecule has 16 heavy (non-hydrogen) atoms. The summed E-state index contributed by atoms with van der Waals surface area (Å²) < 4.78 is 0. The third-order valence-electron chi connectivity index (χ3n) is 2.79. The predicted octanol–water partition coefficient (Wildman–Crippen LogP) is 4.69. The van der Waals surface area contributed by atoms with E-state index in [1.54, 1.807) is 0 Å². The first-order valence-corrected chi connectivity index (χ1v) is 8.38. The van der Waals surface area contributed by atoms with E-state index in [0.717, 1.165) is 11.2 Å². The highest BCUT2D eigenvalue weighted by Gasteiger charge is 2.08. The maximum atomic E-state index is 3.64. The quantitative estimate of drug-likeness (QED) is 0.520. The van der Waals surface area contributed by atoms with E-state index in [1.807, 2.05) is 11.8 Å². The molecule has 90 valence electrons. The third kappa shape index (κ3) is 5.40. The average molecular weight is 301 g/mol. The molecule has 0 saturated heterocycles. The fraction of sp³-hybridized carbons (Fsp3) is 0.571. The Kier molecular flexibility index (Phi) is 7.22. The second-order valence-electron chi connectivity index (χ2n) is 4.35. The van der Waals surface area contributed by atoms with Gasteiger partial charge in [0.1, 0.15) is 0 Å². The molecule has 0 bridgehead atoms. The van der Waals surface area contributed by atoms with Crippen molar-refractivity contribution in [2.75, 3.05) is 17.3 Å². The maximum absolute atomic E-state index is 3.64. The normalized spacial score (nSPS) is 12.7. The van der Waals surface area contributed by atoms with Gasteiger partial charge in [-0.15, -0.1) is 0 Å². The Labute approximate surface area is 112 Å². The number of halogens is 1. The van der Waals surface area contributed by atoms with E-state index in [-0.39, 0.29) is 0 Å². The molecule has 0 aliphatic carbocycles. The van der Waals surface area contributed by atoms with Gasteiger partial charge in [0.2, 0.25) is 0 Å². The Morgan fingerprint density at radius 1 is 1.38 bits per heavy atom. The summed E-state index contributed by atoms with van der Waals surface area (Å²) in [6, 6.07) is 8.89. The van der Waals surface area contributed by atoms with Crippen LogP contribution >= 0.6 is 27.7 Å². The fourth-order valence-electron chi connectivity index (χ4n) is 1.92. The molecule has 0 aliphatic heterocycles. The van der Waals surface area contributed by atoms with Crippen LogP contribution in [0.4, 0.5) is 0 Å². The summed E-state index contributed by atoms with van der Waals surface area (Å²) in [6.07, 6.45) is 6.06. The number of hydrogen-bond acceptors (Lipinski definition) is 1. The standard InChI is InChI=1S/C14H21BrS/c1-12-5-3-6-13(9-12)10-14(11-15)7-4-8-16-2/h3,5-6,9,14H,4,7-8,10-11H2,1-2H3. The summed E-state index contributed by atoms with van der Waals surface area (Å²) in [5.41, 5.74) is 2.85. The van der Waals surface area contributed by atoms with Crippen LogP contribution in [0, 0.1) is 12.8 Å². The molecular weight excluding hydrogens is 280 g/mol. The van der Waals surface area contributed by atoms with Crippen molar-refractivity contribution in [3.8, 4) is 0 Å². The molecule has 1 aromatic carbocycles. The molecular formula is C14H21BrS. The van der Waals surface area contributed by atoms with Gasteiger partial charge >= 0.3 is 0 Å². The minimum absolute atomic E-state index is 0.786. The molecule has 0 amide bonds. The Balaban J connectivity index is 2.43. The average Bonchev–Trinajstić information content (AvgIpc) is 2.28. The molecule has 0 spiro atoms. The molecule has 0 radical (unpaired) electrons. The van der Waals surface area contributed by atoms with Crippen molar-refractivity contribution < 1.29 is 0 Å². The van der Waals surface area contributed by atoms with E-state index in [4.69, 9.17) is 0 Å². The molecule has 2 heteroatoms. The van der Waals surface area contributed by atoms with E-state index in [9.17, 15) is 0 Å². The molecule has 0 N–H and O–H groups in total. The van der Waals surface area contributed by atoms with E-state index in [2.05, 4.69) is 53.4 Å². The number of aryl methyl sites for hydroxylation is 1. The van der Waals surface area contributed by atoms with Gasteiger partial charge in [-0.25, -0.2) is 0 Å². The number of alkyl halides is 1. The number of benzene rings is 1. The first-order chi connectivity index (χ1) is 7.76. The third-order valence-corrected chi connectivity index (χ3v) is 4.40. The summed E-state index contributed by atoms with van der Waals surface area (Å²) >= 11 is 5.58. The van der Waals surface area contributed by atoms with Crippen LogP contribution in [0.1, 0.15) is 24.0 Å². The molecule has 0 aromatic heterocycles. The maximum Gasteiger partial charge on any atom is 0.00628 e. The highest BCUT2D eigenvalue weighted by molar-refractivity contribution is 9.09. The van der Waals surface area contributed by atoms with Crippen molar-refractivity contribution in [1.29, 1.82) is 0 Å². The van der Waals surface area contributed by atoms with Gasteiger partial charge in [0, 0.05) is 5.33 Å². The molecule has 0 aliphatic rings. The monoisotopic (exact) mass is 300 g/mol. The van der Waals surface area contributed by atoms with Crippen molar-refractivity contribution >= 4 is 27.7 Å². The lowest BCUT2D eigenvalue weighted by Gasteiger charge is -2.14. The summed E-state index contributed by atoms with van der Waals surface area (Å²) in [5.74, 6) is 2.08. The zero-order chi connectivity index (χ0) is 11.8. The van der Waals surface area contributed by atoms with Crippen LogP contribution in [-0.4, -0.2) is 17.3 Å². The van der Waals surface area contributed by atoms with Crippen molar-refractivity contribution in [3.05, 3.63) is 35.4 Å². The second-order valence-corrected chi connectivity index (χ2v) is 5.98. The topological polar surface area (TPSA) is 0 Å². The van der Waals surface area contributed by atoms with Gasteiger partial charge in [-0.05, 0) is 49.7 Å². The van der Waals surface area contributed by atoms with Crippen LogP contribution in [0.2, 0.25) is 0 Å². The molecule has 1 aromatic rings. The lowest BCUT2D eigenvalue weighted by molar-refractivity contribution is 0.536. The van der Waals surface area contributed by atoms with Crippen LogP contribution in [0.3, 0.4) is 0 Å². The zero-order valence-electron chi connectivity index (χ0n) is 10.2. The van der Waals surface area contributed by atoms with Crippen molar-refractivity contribution in [3.63, 3.8) is 0 Å². The zero-order valence-corrected chi connectivity index (χ0v) is 12.6. The molecule has 0 nitrogen and oxygen atoms in total. The second kappa shape index (κ2) is 8.19. The smallest absolute Gasteiger partial charge is 0.00628 e.